The molecule has 6 nitrogen and oxygen atoms in total. The number of aromatic nitrogens is 2. The van der Waals surface area contributed by atoms with Gasteiger partial charge in [0, 0.05) is 18.5 Å². The first-order valence-corrected chi connectivity index (χ1v) is 9.35. The molecule has 3 heterocycles. The highest BCUT2D eigenvalue weighted by atomic mass is 32.1. The van der Waals surface area contributed by atoms with Gasteiger partial charge in [0.05, 0.1) is 16.1 Å². The number of amides is 2. The van der Waals surface area contributed by atoms with Crippen molar-refractivity contribution < 1.29 is 9.59 Å². The number of hydrogen-bond acceptors (Lipinski definition) is 5. The summed E-state index contributed by atoms with van der Waals surface area (Å²) in [7, 11) is 1.87. The van der Waals surface area contributed by atoms with Gasteiger partial charge in [-0.05, 0) is 37.3 Å². The zero-order valence-electron chi connectivity index (χ0n) is 13.3. The van der Waals surface area contributed by atoms with E-state index < -0.39 is 0 Å². The highest BCUT2D eigenvalue weighted by molar-refractivity contribution is 7.20. The van der Waals surface area contributed by atoms with Crippen molar-refractivity contribution in [2.75, 3.05) is 5.32 Å². The molecule has 124 valence electrons. The van der Waals surface area contributed by atoms with Crippen LogP contribution in [0.4, 0.5) is 5.00 Å². The van der Waals surface area contributed by atoms with E-state index in [2.05, 4.69) is 15.7 Å². The zero-order valence-corrected chi connectivity index (χ0v) is 14.9. The molecule has 1 saturated carbocycles. The predicted octanol–water partition coefficient (Wildman–Crippen LogP) is 3.15. The normalized spacial score (nSPS) is 14.1. The van der Waals surface area contributed by atoms with Gasteiger partial charge < -0.3 is 10.6 Å². The van der Waals surface area contributed by atoms with E-state index in [0.717, 1.165) is 28.8 Å². The Balaban J connectivity index is 1.56. The summed E-state index contributed by atoms with van der Waals surface area (Å²) < 4.78 is 1.78. The van der Waals surface area contributed by atoms with E-state index in [0.29, 0.717) is 21.5 Å². The van der Waals surface area contributed by atoms with Gasteiger partial charge in [0.1, 0.15) is 9.83 Å². The van der Waals surface area contributed by atoms with Crippen LogP contribution >= 0.6 is 22.7 Å². The molecule has 0 unspecified atom stereocenters. The van der Waals surface area contributed by atoms with Crippen LogP contribution in [0, 0.1) is 6.92 Å². The van der Waals surface area contributed by atoms with Crippen LogP contribution in [0.5, 0.6) is 0 Å². The number of hydrogen-bond donors (Lipinski definition) is 2. The first-order chi connectivity index (χ1) is 11.5. The molecule has 0 radical (unpaired) electrons. The topological polar surface area (TPSA) is 76.0 Å². The molecule has 0 aromatic carbocycles. The summed E-state index contributed by atoms with van der Waals surface area (Å²) in [6.07, 6.45) is 2.07. The van der Waals surface area contributed by atoms with Crippen molar-refractivity contribution >= 4 is 49.7 Å². The summed E-state index contributed by atoms with van der Waals surface area (Å²) in [5.74, 6) is -0.316. The van der Waals surface area contributed by atoms with Gasteiger partial charge in [-0.15, -0.1) is 22.7 Å². The molecule has 1 aliphatic rings. The number of rotatable bonds is 4. The lowest BCUT2D eigenvalue weighted by atomic mass is 10.3. The first-order valence-electron chi connectivity index (χ1n) is 7.66. The van der Waals surface area contributed by atoms with Crippen LogP contribution in [0.1, 0.15) is 38.6 Å². The van der Waals surface area contributed by atoms with E-state index in [4.69, 9.17) is 0 Å². The van der Waals surface area contributed by atoms with Crippen molar-refractivity contribution in [1.29, 1.82) is 0 Å². The standard InChI is InChI=1S/C16H16N4O2S2/c1-8-11-7-12(24-16(11)20(2)19-8)14(22)18-15-10(5-6-23-15)13(21)17-9-3-4-9/h5-7,9H,3-4H2,1-2H3,(H,17,21)(H,18,22). The summed E-state index contributed by atoms with van der Waals surface area (Å²) in [6.45, 7) is 1.93. The Morgan fingerprint density at radius 3 is 2.83 bits per heavy atom. The summed E-state index contributed by atoms with van der Waals surface area (Å²) in [5, 5.41) is 13.6. The van der Waals surface area contributed by atoms with Gasteiger partial charge in [0.25, 0.3) is 11.8 Å². The minimum absolute atomic E-state index is 0.120. The smallest absolute Gasteiger partial charge is 0.266 e. The average molecular weight is 360 g/mol. The van der Waals surface area contributed by atoms with E-state index in [1.807, 2.05) is 25.4 Å². The molecular formula is C16H16N4O2S2. The fraction of sp³-hybridized carbons (Fsp3) is 0.312. The van der Waals surface area contributed by atoms with Crippen LogP contribution < -0.4 is 10.6 Å². The van der Waals surface area contributed by atoms with Gasteiger partial charge in [-0.25, -0.2) is 0 Å². The second kappa shape index (κ2) is 5.71. The number of carbonyl (C=O) groups is 2. The summed E-state index contributed by atoms with van der Waals surface area (Å²) in [5.41, 5.74) is 1.43. The summed E-state index contributed by atoms with van der Waals surface area (Å²) in [4.78, 5) is 26.4. The van der Waals surface area contributed by atoms with E-state index in [9.17, 15) is 9.59 Å². The molecule has 0 bridgehead atoms. The molecule has 3 aromatic rings. The molecule has 1 aliphatic carbocycles. The van der Waals surface area contributed by atoms with E-state index >= 15 is 0 Å². The Bertz CT molecular complexity index is 914. The van der Waals surface area contributed by atoms with Crippen LogP contribution in [0.25, 0.3) is 10.2 Å². The lowest BCUT2D eigenvalue weighted by Crippen LogP contribution is -2.26. The van der Waals surface area contributed by atoms with Gasteiger partial charge in [-0.2, -0.15) is 5.10 Å². The van der Waals surface area contributed by atoms with E-state index in [-0.39, 0.29) is 11.8 Å². The number of aryl methyl sites for hydroxylation is 2. The quantitative estimate of drug-likeness (QED) is 0.750. The third-order valence-electron chi connectivity index (χ3n) is 3.97. The van der Waals surface area contributed by atoms with Crippen molar-refractivity contribution in [3.8, 4) is 0 Å². The molecule has 1 fully saturated rings. The molecule has 0 saturated heterocycles. The molecule has 3 aromatic heterocycles. The number of anilines is 1. The van der Waals surface area contributed by atoms with Crippen LogP contribution in [0.15, 0.2) is 17.5 Å². The van der Waals surface area contributed by atoms with Crippen LogP contribution in [-0.4, -0.2) is 27.6 Å². The molecule has 0 aliphatic heterocycles. The van der Waals surface area contributed by atoms with Gasteiger partial charge in [0.2, 0.25) is 0 Å². The molecule has 0 spiro atoms. The molecule has 2 amide bonds. The van der Waals surface area contributed by atoms with Crippen LogP contribution in [-0.2, 0) is 7.05 Å². The lowest BCUT2D eigenvalue weighted by molar-refractivity contribution is 0.0952. The SMILES string of the molecule is Cc1nn(C)c2sc(C(=O)Nc3sccc3C(=O)NC3CC3)cc12. The maximum absolute atomic E-state index is 12.6. The Morgan fingerprint density at radius 1 is 1.33 bits per heavy atom. The van der Waals surface area contributed by atoms with Crippen molar-refractivity contribution in [2.45, 2.75) is 25.8 Å². The van der Waals surface area contributed by atoms with Crippen LogP contribution in [0.3, 0.4) is 0 Å². The van der Waals surface area contributed by atoms with Crippen molar-refractivity contribution in [3.05, 3.63) is 33.6 Å². The number of nitrogens with zero attached hydrogens (tertiary/aromatic N) is 2. The predicted molar refractivity (Wildman–Crippen MR) is 96.1 cm³/mol. The van der Waals surface area contributed by atoms with Crippen molar-refractivity contribution in [1.82, 2.24) is 15.1 Å². The van der Waals surface area contributed by atoms with Gasteiger partial charge in [0.15, 0.2) is 0 Å². The number of carbonyl (C=O) groups excluding carboxylic acids is 2. The third-order valence-corrected chi connectivity index (χ3v) is 6.00. The van der Waals surface area contributed by atoms with Crippen molar-refractivity contribution in [2.24, 2.45) is 7.05 Å². The Labute approximate surface area is 146 Å². The fourth-order valence-electron chi connectivity index (χ4n) is 2.56. The lowest BCUT2D eigenvalue weighted by Gasteiger charge is -2.06. The maximum Gasteiger partial charge on any atom is 0.266 e. The van der Waals surface area contributed by atoms with Gasteiger partial charge >= 0.3 is 0 Å². The van der Waals surface area contributed by atoms with E-state index in [1.165, 1.54) is 22.7 Å². The monoisotopic (exact) mass is 360 g/mol. The third kappa shape index (κ3) is 2.71. The summed E-state index contributed by atoms with van der Waals surface area (Å²) in [6, 6.07) is 3.89. The Kier molecular flexibility index (Phi) is 3.65. The number of thiophene rings is 2. The molecule has 0 atom stereocenters. The maximum atomic E-state index is 12.6. The second-order valence-electron chi connectivity index (χ2n) is 5.90. The minimum Gasteiger partial charge on any atom is -0.349 e. The van der Waals surface area contributed by atoms with Gasteiger partial charge in [-0.1, -0.05) is 0 Å². The largest absolute Gasteiger partial charge is 0.349 e. The Hall–Kier alpha value is -2.19. The van der Waals surface area contributed by atoms with E-state index in [1.54, 1.807) is 10.7 Å². The van der Waals surface area contributed by atoms with Crippen LogP contribution in [0.2, 0.25) is 0 Å². The molecule has 4 rings (SSSR count). The number of nitrogens with one attached hydrogen (secondary N) is 2. The second-order valence-corrected chi connectivity index (χ2v) is 7.85. The molecule has 8 heteroatoms. The molecule has 24 heavy (non-hydrogen) atoms. The molecular weight excluding hydrogens is 344 g/mol. The minimum atomic E-state index is -0.196. The average Bonchev–Trinajstić information content (AvgIpc) is 2.99. The zero-order chi connectivity index (χ0) is 16.8. The summed E-state index contributed by atoms with van der Waals surface area (Å²) >= 11 is 2.76. The van der Waals surface area contributed by atoms with Crippen molar-refractivity contribution in [3.63, 3.8) is 0 Å². The first kappa shape index (κ1) is 15.3. The van der Waals surface area contributed by atoms with Gasteiger partial charge in [-0.3, -0.25) is 14.3 Å². The highest BCUT2D eigenvalue weighted by Crippen LogP contribution is 2.30. The number of fused-ring (bicyclic) bond motifs is 1. The molecule has 2 N–H and O–H groups in total. The Morgan fingerprint density at radius 2 is 2.12 bits per heavy atom. The highest BCUT2D eigenvalue weighted by Gasteiger charge is 2.26. The fourth-order valence-corrected chi connectivity index (χ4v) is 4.36.